The summed E-state index contributed by atoms with van der Waals surface area (Å²) in [7, 11) is 1.63. The molecule has 0 bridgehead atoms. The van der Waals surface area contributed by atoms with Gasteiger partial charge in [-0.1, -0.05) is 12.7 Å². The summed E-state index contributed by atoms with van der Waals surface area (Å²) < 4.78 is 4.71. The third-order valence-corrected chi connectivity index (χ3v) is 1.80. The van der Waals surface area contributed by atoms with Crippen molar-refractivity contribution in [3.05, 3.63) is 16.9 Å². The maximum atomic E-state index is 4.71. The van der Waals surface area contributed by atoms with Crippen molar-refractivity contribution < 1.29 is 4.74 Å². The lowest BCUT2D eigenvalue weighted by atomic mass is 10.5. The Morgan fingerprint density at radius 3 is 2.78 bits per heavy atom. The van der Waals surface area contributed by atoms with Gasteiger partial charge in [-0.25, -0.2) is 0 Å². The third kappa shape index (κ3) is 4.19. The summed E-state index contributed by atoms with van der Waals surface area (Å²) >= 11 is 1.70. The predicted octanol–water partition coefficient (Wildman–Crippen LogP) is 2.40. The molecule has 0 aliphatic rings. The molecule has 0 aromatic rings. The SMILES string of the molecule is CCC(=C=COC)SC. The molecular weight excluding hydrogens is 132 g/mol. The Kier molecular flexibility index (Phi) is 5.59. The monoisotopic (exact) mass is 144 g/mol. The fourth-order valence-corrected chi connectivity index (χ4v) is 0.885. The van der Waals surface area contributed by atoms with Crippen molar-refractivity contribution in [2.75, 3.05) is 13.4 Å². The average Bonchev–Trinajstić information content (AvgIpc) is 1.91. The first-order valence-corrected chi connectivity index (χ1v) is 4.08. The van der Waals surface area contributed by atoms with Crippen LogP contribution < -0.4 is 0 Å². The third-order valence-electron chi connectivity index (χ3n) is 0.905. The molecule has 0 saturated carbocycles. The zero-order valence-corrected chi connectivity index (χ0v) is 6.92. The van der Waals surface area contributed by atoms with Crippen molar-refractivity contribution in [3.63, 3.8) is 0 Å². The molecule has 0 radical (unpaired) electrons. The van der Waals surface area contributed by atoms with E-state index >= 15 is 0 Å². The van der Waals surface area contributed by atoms with E-state index in [9.17, 15) is 0 Å². The van der Waals surface area contributed by atoms with Crippen LogP contribution in [0.4, 0.5) is 0 Å². The molecule has 0 aliphatic heterocycles. The largest absolute Gasteiger partial charge is 0.496 e. The van der Waals surface area contributed by atoms with Gasteiger partial charge in [0.2, 0.25) is 0 Å². The summed E-state index contributed by atoms with van der Waals surface area (Å²) in [6.45, 7) is 2.10. The summed E-state index contributed by atoms with van der Waals surface area (Å²) in [6.07, 6.45) is 4.64. The normalized spacial score (nSPS) is 7.89. The first kappa shape index (κ1) is 8.67. The van der Waals surface area contributed by atoms with Crippen LogP contribution in [0.25, 0.3) is 0 Å². The van der Waals surface area contributed by atoms with Gasteiger partial charge in [-0.15, -0.1) is 11.8 Å². The summed E-state index contributed by atoms with van der Waals surface area (Å²) in [6, 6.07) is 0. The Bertz CT molecular complexity index is 117. The Balaban J connectivity index is 3.89. The van der Waals surface area contributed by atoms with Gasteiger partial charge in [0.25, 0.3) is 0 Å². The van der Waals surface area contributed by atoms with Crippen molar-refractivity contribution in [1.82, 2.24) is 0 Å². The highest BCUT2D eigenvalue weighted by Gasteiger charge is 1.84. The lowest BCUT2D eigenvalue weighted by Gasteiger charge is -1.90. The van der Waals surface area contributed by atoms with E-state index in [1.165, 1.54) is 4.91 Å². The van der Waals surface area contributed by atoms with E-state index in [0.29, 0.717) is 0 Å². The molecule has 0 aliphatic carbocycles. The molecule has 0 heterocycles. The molecule has 0 fully saturated rings. The van der Waals surface area contributed by atoms with Crippen LogP contribution in [0.1, 0.15) is 13.3 Å². The molecule has 0 rings (SSSR count). The molecule has 0 unspecified atom stereocenters. The molecule has 0 saturated heterocycles. The summed E-state index contributed by atoms with van der Waals surface area (Å²) in [5, 5.41) is 0. The van der Waals surface area contributed by atoms with Crippen LogP contribution in [-0.2, 0) is 4.74 Å². The molecule has 0 N–H and O–H groups in total. The second-order valence-electron chi connectivity index (χ2n) is 1.48. The van der Waals surface area contributed by atoms with Gasteiger partial charge < -0.3 is 4.74 Å². The number of rotatable bonds is 3. The smallest absolute Gasteiger partial charge is 0.125 e. The van der Waals surface area contributed by atoms with E-state index in [4.69, 9.17) is 4.74 Å². The van der Waals surface area contributed by atoms with E-state index < -0.39 is 0 Å². The van der Waals surface area contributed by atoms with Gasteiger partial charge in [0, 0.05) is 4.91 Å². The number of allylic oxidation sites excluding steroid dienone is 1. The van der Waals surface area contributed by atoms with E-state index in [2.05, 4.69) is 12.7 Å². The van der Waals surface area contributed by atoms with E-state index in [0.717, 1.165) is 6.42 Å². The molecule has 2 heteroatoms. The fraction of sp³-hybridized carbons (Fsp3) is 0.571. The zero-order chi connectivity index (χ0) is 7.11. The standard InChI is InChI=1S/C7H12OS/c1-4-7(9-3)5-6-8-2/h6H,4H2,1-3H3. The zero-order valence-electron chi connectivity index (χ0n) is 6.10. The van der Waals surface area contributed by atoms with Crippen molar-refractivity contribution in [1.29, 1.82) is 0 Å². The summed E-state index contributed by atoms with van der Waals surface area (Å²) in [5.74, 6) is 0. The number of thioether (sulfide) groups is 1. The first-order chi connectivity index (χ1) is 4.35. The highest BCUT2D eigenvalue weighted by atomic mass is 32.2. The molecule has 52 valence electrons. The number of hydrogen-bond acceptors (Lipinski definition) is 2. The van der Waals surface area contributed by atoms with Crippen LogP contribution >= 0.6 is 11.8 Å². The van der Waals surface area contributed by atoms with E-state index in [1.54, 1.807) is 25.1 Å². The molecule has 0 aromatic heterocycles. The number of ether oxygens (including phenoxy) is 1. The topological polar surface area (TPSA) is 9.23 Å². The van der Waals surface area contributed by atoms with Crippen LogP contribution in [0, 0.1) is 0 Å². The summed E-state index contributed by atoms with van der Waals surface area (Å²) in [4.78, 5) is 1.22. The highest BCUT2D eigenvalue weighted by Crippen LogP contribution is 2.12. The minimum Gasteiger partial charge on any atom is -0.496 e. The van der Waals surface area contributed by atoms with Gasteiger partial charge in [0.1, 0.15) is 6.26 Å². The van der Waals surface area contributed by atoms with Crippen molar-refractivity contribution in [2.45, 2.75) is 13.3 Å². The van der Waals surface area contributed by atoms with Crippen molar-refractivity contribution in [2.24, 2.45) is 0 Å². The lowest BCUT2D eigenvalue weighted by Crippen LogP contribution is -1.67. The van der Waals surface area contributed by atoms with Gasteiger partial charge in [-0.05, 0) is 12.7 Å². The fourth-order valence-electron chi connectivity index (χ4n) is 0.430. The first-order valence-electron chi connectivity index (χ1n) is 2.86. The van der Waals surface area contributed by atoms with Crippen LogP contribution in [0.3, 0.4) is 0 Å². The second kappa shape index (κ2) is 5.80. The van der Waals surface area contributed by atoms with E-state index in [1.807, 2.05) is 6.26 Å². The van der Waals surface area contributed by atoms with Crippen molar-refractivity contribution in [3.8, 4) is 0 Å². The van der Waals surface area contributed by atoms with Gasteiger partial charge in [-0.2, -0.15) is 0 Å². The Hall–Kier alpha value is -0.330. The number of hydrogen-bond donors (Lipinski definition) is 0. The van der Waals surface area contributed by atoms with Gasteiger partial charge in [0.15, 0.2) is 0 Å². The minimum absolute atomic E-state index is 1.03. The van der Waals surface area contributed by atoms with Gasteiger partial charge in [0.05, 0.1) is 7.11 Å². The Morgan fingerprint density at radius 1 is 1.78 bits per heavy atom. The maximum absolute atomic E-state index is 4.71. The molecule has 9 heavy (non-hydrogen) atoms. The maximum Gasteiger partial charge on any atom is 0.125 e. The number of methoxy groups -OCH3 is 1. The second-order valence-corrected chi connectivity index (χ2v) is 2.38. The molecular formula is C7H12OS. The Labute approximate surface area is 60.8 Å². The Morgan fingerprint density at radius 2 is 2.44 bits per heavy atom. The van der Waals surface area contributed by atoms with E-state index in [-0.39, 0.29) is 0 Å². The van der Waals surface area contributed by atoms with Gasteiger partial charge >= 0.3 is 0 Å². The van der Waals surface area contributed by atoms with Crippen LogP contribution in [0.2, 0.25) is 0 Å². The highest BCUT2D eigenvalue weighted by molar-refractivity contribution is 8.02. The van der Waals surface area contributed by atoms with Crippen LogP contribution in [-0.4, -0.2) is 13.4 Å². The molecule has 1 nitrogen and oxygen atoms in total. The molecule has 0 atom stereocenters. The van der Waals surface area contributed by atoms with Gasteiger partial charge in [-0.3, -0.25) is 0 Å². The minimum atomic E-state index is 1.03. The molecule has 0 spiro atoms. The summed E-state index contributed by atoms with van der Waals surface area (Å²) in [5.41, 5.74) is 3.00. The predicted molar refractivity (Wildman–Crippen MR) is 42.4 cm³/mol. The van der Waals surface area contributed by atoms with Crippen molar-refractivity contribution >= 4 is 11.8 Å². The van der Waals surface area contributed by atoms with Crippen LogP contribution in [0.15, 0.2) is 16.9 Å². The molecule has 0 amide bonds. The molecule has 0 aromatic carbocycles. The average molecular weight is 144 g/mol. The van der Waals surface area contributed by atoms with Crippen LogP contribution in [0.5, 0.6) is 0 Å². The quantitative estimate of drug-likeness (QED) is 0.444. The lowest BCUT2D eigenvalue weighted by molar-refractivity contribution is 0.339.